The molecule has 168 valence electrons. The Kier molecular flexibility index (Phi) is 6.22. The van der Waals surface area contributed by atoms with Crippen LogP contribution < -0.4 is 4.74 Å². The fourth-order valence-electron chi connectivity index (χ4n) is 3.88. The van der Waals surface area contributed by atoms with Gasteiger partial charge in [-0.15, -0.1) is 0 Å². The molecule has 1 aliphatic rings. The summed E-state index contributed by atoms with van der Waals surface area (Å²) in [7, 11) is 0. The van der Waals surface area contributed by atoms with Crippen molar-refractivity contribution < 1.29 is 28.2 Å². The lowest BCUT2D eigenvalue weighted by molar-refractivity contribution is -0.140. The van der Waals surface area contributed by atoms with E-state index in [2.05, 4.69) is 0 Å². The molecule has 5 nitrogen and oxygen atoms in total. The second-order valence-corrected chi connectivity index (χ2v) is 7.53. The van der Waals surface area contributed by atoms with Crippen LogP contribution in [0.25, 0.3) is 5.76 Å². The van der Waals surface area contributed by atoms with Gasteiger partial charge in [0.1, 0.15) is 23.1 Å². The first-order chi connectivity index (χ1) is 15.9. The van der Waals surface area contributed by atoms with Crippen LogP contribution in [0.15, 0.2) is 78.4 Å². The number of carbonyl (C=O) groups is 2. The van der Waals surface area contributed by atoms with Gasteiger partial charge in [0.25, 0.3) is 11.7 Å². The number of nitrogens with zero attached hydrogens (tertiary/aromatic N) is 1. The molecule has 0 aromatic heterocycles. The van der Waals surface area contributed by atoms with Crippen molar-refractivity contribution in [2.45, 2.75) is 19.5 Å². The molecule has 0 aliphatic carbocycles. The molecular formula is C26H21F2NO4. The van der Waals surface area contributed by atoms with E-state index in [0.717, 1.165) is 0 Å². The van der Waals surface area contributed by atoms with Gasteiger partial charge in [-0.05, 0) is 55.0 Å². The SMILES string of the molecule is CCOc1ccc(/C(O)=C2/C(=O)C(=O)N(Cc3ccc(F)cc3)C2c2ccccc2F)cc1. The predicted octanol–water partition coefficient (Wildman–Crippen LogP) is 4.99. The van der Waals surface area contributed by atoms with Crippen molar-refractivity contribution in [3.63, 3.8) is 0 Å². The van der Waals surface area contributed by atoms with E-state index in [1.807, 2.05) is 6.92 Å². The number of hydrogen-bond donors (Lipinski definition) is 1. The summed E-state index contributed by atoms with van der Waals surface area (Å²) >= 11 is 0. The van der Waals surface area contributed by atoms with E-state index in [1.165, 1.54) is 47.4 Å². The smallest absolute Gasteiger partial charge is 0.295 e. The fourth-order valence-corrected chi connectivity index (χ4v) is 3.88. The van der Waals surface area contributed by atoms with Gasteiger partial charge < -0.3 is 14.7 Å². The maximum atomic E-state index is 14.8. The number of Topliss-reactive ketones (excluding diaryl/α,β-unsaturated/α-hetero) is 1. The third-order valence-electron chi connectivity index (χ3n) is 5.44. The molecule has 1 aliphatic heterocycles. The second kappa shape index (κ2) is 9.24. The third kappa shape index (κ3) is 4.35. The summed E-state index contributed by atoms with van der Waals surface area (Å²) in [4.78, 5) is 27.2. The first-order valence-electron chi connectivity index (χ1n) is 10.4. The maximum absolute atomic E-state index is 14.8. The molecule has 1 heterocycles. The zero-order valence-electron chi connectivity index (χ0n) is 17.8. The lowest BCUT2D eigenvalue weighted by atomic mass is 9.94. The minimum atomic E-state index is -1.15. The first kappa shape index (κ1) is 22.2. The standard InChI is InChI=1S/C26H21F2NO4/c1-2-33-19-13-9-17(10-14-19)24(30)22-23(20-5-3-4-6-21(20)28)29(26(32)25(22)31)15-16-7-11-18(27)12-8-16/h3-14,23,30H,2,15H2,1H3/b24-22-. The van der Waals surface area contributed by atoms with Crippen LogP contribution in [0.4, 0.5) is 8.78 Å². The van der Waals surface area contributed by atoms with Crippen molar-refractivity contribution >= 4 is 17.4 Å². The van der Waals surface area contributed by atoms with Crippen LogP contribution in [0.5, 0.6) is 5.75 Å². The van der Waals surface area contributed by atoms with Crippen molar-refractivity contribution in [3.05, 3.63) is 107 Å². The van der Waals surface area contributed by atoms with Gasteiger partial charge in [-0.25, -0.2) is 8.78 Å². The summed E-state index contributed by atoms with van der Waals surface area (Å²) in [5.41, 5.74) is 0.711. The molecule has 1 unspecified atom stereocenters. The molecule has 4 rings (SSSR count). The normalized spacial score (nSPS) is 17.4. The number of rotatable bonds is 6. The van der Waals surface area contributed by atoms with E-state index >= 15 is 0 Å². The van der Waals surface area contributed by atoms with Crippen LogP contribution in [-0.4, -0.2) is 28.3 Å². The summed E-state index contributed by atoms with van der Waals surface area (Å²) in [6.45, 7) is 2.24. The van der Waals surface area contributed by atoms with E-state index in [4.69, 9.17) is 4.74 Å². The molecule has 1 N–H and O–H groups in total. The zero-order valence-corrected chi connectivity index (χ0v) is 17.8. The number of aliphatic hydroxyl groups is 1. The Morgan fingerprint density at radius 3 is 2.27 bits per heavy atom. The van der Waals surface area contributed by atoms with E-state index in [-0.39, 0.29) is 17.7 Å². The van der Waals surface area contributed by atoms with Crippen LogP contribution in [0, 0.1) is 11.6 Å². The molecule has 0 bridgehead atoms. The van der Waals surface area contributed by atoms with Crippen molar-refractivity contribution in [1.29, 1.82) is 0 Å². The number of likely N-dealkylation sites (tertiary alicyclic amines) is 1. The second-order valence-electron chi connectivity index (χ2n) is 7.53. The van der Waals surface area contributed by atoms with Crippen LogP contribution >= 0.6 is 0 Å². The molecule has 3 aromatic carbocycles. The lowest BCUT2D eigenvalue weighted by Crippen LogP contribution is -2.29. The highest BCUT2D eigenvalue weighted by molar-refractivity contribution is 6.46. The Morgan fingerprint density at radius 2 is 1.64 bits per heavy atom. The minimum absolute atomic E-state index is 0.0656. The molecule has 1 atom stereocenters. The van der Waals surface area contributed by atoms with Gasteiger partial charge in [0.2, 0.25) is 0 Å². The molecule has 1 fully saturated rings. The van der Waals surface area contributed by atoms with E-state index < -0.39 is 35.1 Å². The lowest BCUT2D eigenvalue weighted by Gasteiger charge is -2.25. The number of benzene rings is 3. The highest BCUT2D eigenvalue weighted by Crippen LogP contribution is 2.41. The summed E-state index contributed by atoms with van der Waals surface area (Å²) < 4.78 is 33.5. The van der Waals surface area contributed by atoms with Gasteiger partial charge in [-0.3, -0.25) is 9.59 Å². The van der Waals surface area contributed by atoms with Crippen LogP contribution in [0.1, 0.15) is 29.7 Å². The maximum Gasteiger partial charge on any atom is 0.295 e. The quantitative estimate of drug-likeness (QED) is 0.327. The molecule has 0 radical (unpaired) electrons. The first-order valence-corrected chi connectivity index (χ1v) is 10.4. The Hall–Kier alpha value is -4.00. The molecule has 7 heteroatoms. The van der Waals surface area contributed by atoms with E-state index in [1.54, 1.807) is 30.3 Å². The Balaban J connectivity index is 1.83. The Morgan fingerprint density at radius 1 is 0.970 bits per heavy atom. The number of aliphatic hydroxyl groups excluding tert-OH is 1. The Labute approximate surface area is 189 Å². The molecule has 0 spiro atoms. The highest BCUT2D eigenvalue weighted by Gasteiger charge is 2.46. The zero-order chi connectivity index (χ0) is 23.5. The van der Waals surface area contributed by atoms with Gasteiger partial charge in [0.15, 0.2) is 0 Å². The third-order valence-corrected chi connectivity index (χ3v) is 5.44. The van der Waals surface area contributed by atoms with E-state index in [0.29, 0.717) is 23.5 Å². The molecule has 3 aromatic rings. The molecule has 0 saturated carbocycles. The Bertz CT molecular complexity index is 1220. The van der Waals surface area contributed by atoms with Crippen molar-refractivity contribution in [2.24, 2.45) is 0 Å². The monoisotopic (exact) mass is 449 g/mol. The van der Waals surface area contributed by atoms with Gasteiger partial charge in [-0.2, -0.15) is 0 Å². The largest absolute Gasteiger partial charge is 0.507 e. The van der Waals surface area contributed by atoms with Gasteiger partial charge >= 0.3 is 0 Å². The van der Waals surface area contributed by atoms with Gasteiger partial charge in [0, 0.05) is 17.7 Å². The summed E-state index contributed by atoms with van der Waals surface area (Å²) in [5.74, 6) is -2.69. The summed E-state index contributed by atoms with van der Waals surface area (Å²) in [6.07, 6.45) is 0. The van der Waals surface area contributed by atoms with Crippen molar-refractivity contribution in [1.82, 2.24) is 4.90 Å². The fraction of sp³-hybridized carbons (Fsp3) is 0.154. The molecule has 1 saturated heterocycles. The van der Waals surface area contributed by atoms with Crippen LogP contribution in [0.3, 0.4) is 0 Å². The van der Waals surface area contributed by atoms with Gasteiger partial charge in [0.05, 0.1) is 18.2 Å². The molecular weight excluding hydrogens is 428 g/mol. The number of hydrogen-bond acceptors (Lipinski definition) is 4. The summed E-state index contributed by atoms with van der Waals surface area (Å²) in [5, 5.41) is 11.0. The average molecular weight is 449 g/mol. The van der Waals surface area contributed by atoms with Crippen LogP contribution in [-0.2, 0) is 16.1 Å². The number of ether oxygens (including phenoxy) is 1. The van der Waals surface area contributed by atoms with Gasteiger partial charge in [-0.1, -0.05) is 30.3 Å². The highest BCUT2D eigenvalue weighted by atomic mass is 19.1. The molecule has 33 heavy (non-hydrogen) atoms. The van der Waals surface area contributed by atoms with Crippen LogP contribution in [0.2, 0.25) is 0 Å². The average Bonchev–Trinajstić information content (AvgIpc) is 3.06. The number of carbonyl (C=O) groups excluding carboxylic acids is 2. The summed E-state index contributed by atoms with van der Waals surface area (Å²) in [6, 6.07) is 16.5. The molecule has 1 amide bonds. The van der Waals surface area contributed by atoms with E-state index in [9.17, 15) is 23.5 Å². The number of halogens is 2. The number of ketones is 1. The van der Waals surface area contributed by atoms with Crippen molar-refractivity contribution in [2.75, 3.05) is 6.61 Å². The number of amides is 1. The van der Waals surface area contributed by atoms with Crippen molar-refractivity contribution in [3.8, 4) is 5.75 Å². The topological polar surface area (TPSA) is 66.8 Å². The predicted molar refractivity (Wildman–Crippen MR) is 118 cm³/mol. The minimum Gasteiger partial charge on any atom is -0.507 e.